The molecule has 0 saturated carbocycles. The second-order valence-corrected chi connectivity index (χ2v) is 11.7. The van der Waals surface area contributed by atoms with Gasteiger partial charge in [-0.15, -0.1) is 0 Å². The van der Waals surface area contributed by atoms with Gasteiger partial charge in [0, 0.05) is 36.3 Å². The molecule has 1 aromatic heterocycles. The maximum Gasteiger partial charge on any atom is 0.258 e. The van der Waals surface area contributed by atoms with Gasteiger partial charge in [0.05, 0.1) is 36.2 Å². The fourth-order valence-electron chi connectivity index (χ4n) is 4.69. The van der Waals surface area contributed by atoms with E-state index in [1.807, 2.05) is 0 Å². The molecule has 0 radical (unpaired) electrons. The molecular weight excluding hydrogens is 564 g/mol. The van der Waals surface area contributed by atoms with Crippen LogP contribution in [0, 0.1) is 11.6 Å². The van der Waals surface area contributed by atoms with E-state index < -0.39 is 34.1 Å². The smallest absolute Gasteiger partial charge is 0.258 e. The maximum atomic E-state index is 14.8. The lowest BCUT2D eigenvalue weighted by Crippen LogP contribution is -2.27. The first-order chi connectivity index (χ1) is 19.0. The van der Waals surface area contributed by atoms with E-state index in [1.54, 1.807) is 43.5 Å². The van der Waals surface area contributed by atoms with E-state index in [-0.39, 0.29) is 46.3 Å². The van der Waals surface area contributed by atoms with Gasteiger partial charge in [-0.05, 0) is 42.0 Å². The zero-order chi connectivity index (χ0) is 28.8. The summed E-state index contributed by atoms with van der Waals surface area (Å²) in [7, 11) is -0.841. The van der Waals surface area contributed by atoms with Gasteiger partial charge in [0.25, 0.3) is 5.91 Å². The Balaban J connectivity index is 1.66. The number of benzene rings is 3. The molecule has 1 aliphatic heterocycles. The summed E-state index contributed by atoms with van der Waals surface area (Å²) in [6, 6.07) is 12.6. The van der Waals surface area contributed by atoms with Crippen molar-refractivity contribution in [1.82, 2.24) is 9.88 Å². The third-order valence-electron chi connectivity index (χ3n) is 6.79. The van der Waals surface area contributed by atoms with E-state index in [4.69, 9.17) is 21.1 Å². The number of aromatic nitrogens is 1. The average molecular weight is 588 g/mol. The van der Waals surface area contributed by atoms with Gasteiger partial charge >= 0.3 is 0 Å². The van der Waals surface area contributed by atoms with E-state index in [2.05, 4.69) is 4.98 Å². The number of fused-ring (bicyclic) bond motifs is 2. The van der Waals surface area contributed by atoms with Crippen LogP contribution >= 0.6 is 11.6 Å². The highest BCUT2D eigenvalue weighted by atomic mass is 35.5. The van der Waals surface area contributed by atoms with Crippen LogP contribution in [0.25, 0.3) is 10.9 Å². The van der Waals surface area contributed by atoms with Crippen LogP contribution in [0.4, 0.5) is 14.5 Å². The number of hydrogen-bond acceptors (Lipinski definition) is 6. The molecule has 0 N–H and O–H groups in total. The highest BCUT2D eigenvalue weighted by Gasteiger charge is 2.38. The number of hydrogen-bond donors (Lipinski definition) is 0. The number of pyridine rings is 1. The minimum absolute atomic E-state index is 0.0637. The Hall–Kier alpha value is -3.96. The summed E-state index contributed by atoms with van der Waals surface area (Å²) in [6.45, 7) is -0.498. The Kier molecular flexibility index (Phi) is 7.28. The highest BCUT2D eigenvalue weighted by molar-refractivity contribution is 7.92. The molecule has 0 unspecified atom stereocenters. The average Bonchev–Trinajstić information content (AvgIpc) is 3.25. The molecule has 40 heavy (non-hydrogen) atoms. The van der Waals surface area contributed by atoms with Crippen LogP contribution in [0.15, 0.2) is 54.7 Å². The molecule has 0 bridgehead atoms. The quantitative estimate of drug-likeness (QED) is 0.260. The molecule has 2 heterocycles. The van der Waals surface area contributed by atoms with Crippen molar-refractivity contribution in [3.8, 4) is 11.5 Å². The number of amides is 1. The molecule has 5 rings (SSSR count). The summed E-state index contributed by atoms with van der Waals surface area (Å²) in [6.07, 6.45) is 2.55. The van der Waals surface area contributed by atoms with Gasteiger partial charge in [-0.3, -0.25) is 14.1 Å². The molecule has 0 saturated heterocycles. The fourth-order valence-corrected chi connectivity index (χ4v) is 5.41. The first-order valence-corrected chi connectivity index (χ1v) is 14.3. The number of carbonyl (C=O) groups excluding carboxylic acids is 1. The van der Waals surface area contributed by atoms with E-state index in [0.717, 1.165) is 28.3 Å². The van der Waals surface area contributed by atoms with Crippen LogP contribution in [0.1, 0.15) is 27.0 Å². The van der Waals surface area contributed by atoms with Crippen LogP contribution < -0.4 is 13.8 Å². The van der Waals surface area contributed by atoms with Gasteiger partial charge in [0.2, 0.25) is 10.0 Å². The number of anilines is 1. The van der Waals surface area contributed by atoms with Crippen LogP contribution in [0.5, 0.6) is 11.5 Å². The van der Waals surface area contributed by atoms with Gasteiger partial charge in [-0.25, -0.2) is 17.2 Å². The maximum absolute atomic E-state index is 14.8. The molecule has 0 fully saturated rings. The highest BCUT2D eigenvalue weighted by Crippen LogP contribution is 2.45. The minimum Gasteiger partial charge on any atom is -0.497 e. The third-order valence-corrected chi connectivity index (χ3v) is 8.25. The summed E-state index contributed by atoms with van der Waals surface area (Å²) in [5.41, 5.74) is 1.33. The lowest BCUT2D eigenvalue weighted by atomic mass is 10.0. The van der Waals surface area contributed by atoms with Crippen molar-refractivity contribution in [3.63, 3.8) is 0 Å². The molecule has 0 aliphatic carbocycles. The Morgan fingerprint density at radius 2 is 1.85 bits per heavy atom. The van der Waals surface area contributed by atoms with Crippen molar-refractivity contribution >= 4 is 44.1 Å². The van der Waals surface area contributed by atoms with Crippen molar-refractivity contribution < 1.29 is 31.5 Å². The molecule has 208 valence electrons. The number of sulfonamides is 1. The summed E-state index contributed by atoms with van der Waals surface area (Å²) in [4.78, 5) is 19.5. The Labute approximate surface area is 234 Å². The second-order valence-electron chi connectivity index (χ2n) is 9.28. The largest absolute Gasteiger partial charge is 0.497 e. The summed E-state index contributed by atoms with van der Waals surface area (Å²) in [5, 5.41) is 0.158. The van der Waals surface area contributed by atoms with Crippen molar-refractivity contribution in [2.45, 2.75) is 19.7 Å². The van der Waals surface area contributed by atoms with Gasteiger partial charge in [0.15, 0.2) is 5.75 Å². The first kappa shape index (κ1) is 27.6. The number of nitrogens with zero attached hydrogens (tertiary/aromatic N) is 3. The predicted molar refractivity (Wildman–Crippen MR) is 147 cm³/mol. The Bertz CT molecular complexity index is 1750. The van der Waals surface area contributed by atoms with Crippen LogP contribution in [-0.2, 0) is 29.7 Å². The zero-order valence-electron chi connectivity index (χ0n) is 21.7. The summed E-state index contributed by atoms with van der Waals surface area (Å²) >= 11 is 5.87. The van der Waals surface area contributed by atoms with Gasteiger partial charge in [-0.2, -0.15) is 0 Å². The van der Waals surface area contributed by atoms with E-state index in [1.165, 1.54) is 18.1 Å². The fraction of sp³-hybridized carbons (Fsp3) is 0.214. The number of halogens is 3. The van der Waals surface area contributed by atoms with E-state index in [0.29, 0.717) is 16.7 Å². The second kappa shape index (κ2) is 10.5. The lowest BCUT2D eigenvalue weighted by Gasteiger charge is -2.23. The molecule has 1 amide bonds. The minimum atomic E-state index is -3.77. The number of carbonyl (C=O) groups is 1. The Morgan fingerprint density at radius 1 is 1.12 bits per heavy atom. The molecular formula is C28H24ClF2N3O5S. The molecule has 12 heteroatoms. The number of rotatable bonds is 8. The zero-order valence-corrected chi connectivity index (χ0v) is 23.3. The Morgan fingerprint density at radius 3 is 2.52 bits per heavy atom. The topological polar surface area (TPSA) is 89.0 Å². The molecule has 0 atom stereocenters. The lowest BCUT2D eigenvalue weighted by molar-refractivity contribution is 0.0760. The predicted octanol–water partition coefficient (Wildman–Crippen LogP) is 5.31. The van der Waals surface area contributed by atoms with Gasteiger partial charge < -0.3 is 14.4 Å². The number of ether oxygens (including phenoxy) is 2. The summed E-state index contributed by atoms with van der Waals surface area (Å²) < 4.78 is 67.1. The standard InChI is InChI=1S/C28H24ClF2N3O5S/c1-33(40(3,36)37)26-18-5-4-12-32-25(18)27(39-15-16-6-8-17(38-2)9-7-16)23-20(26)14-34(28(23)35)13-19-22(30)11-10-21(29)24(19)31/h4-12H,13-15H2,1-3H3. The van der Waals surface area contributed by atoms with E-state index >= 15 is 0 Å². The van der Waals surface area contributed by atoms with Crippen molar-refractivity contribution in [2.24, 2.45) is 0 Å². The molecule has 4 aromatic rings. The van der Waals surface area contributed by atoms with Crippen molar-refractivity contribution in [1.29, 1.82) is 0 Å². The molecule has 0 spiro atoms. The first-order valence-electron chi connectivity index (χ1n) is 12.1. The van der Waals surface area contributed by atoms with Crippen molar-refractivity contribution in [3.05, 3.63) is 93.6 Å². The van der Waals surface area contributed by atoms with Crippen LogP contribution in [0.2, 0.25) is 5.02 Å². The van der Waals surface area contributed by atoms with Crippen molar-refractivity contribution in [2.75, 3.05) is 24.7 Å². The molecule has 3 aromatic carbocycles. The van der Waals surface area contributed by atoms with Crippen LogP contribution in [0.3, 0.4) is 0 Å². The SMILES string of the molecule is COc1ccc(COc2c3c(c(N(C)S(C)(=O)=O)c4cccnc24)CN(Cc2c(F)ccc(Cl)c2F)C3=O)cc1. The van der Waals surface area contributed by atoms with Gasteiger partial charge in [-0.1, -0.05) is 23.7 Å². The van der Waals surface area contributed by atoms with Gasteiger partial charge in [0.1, 0.15) is 29.5 Å². The normalized spacial score (nSPS) is 13.1. The molecule has 8 nitrogen and oxygen atoms in total. The van der Waals surface area contributed by atoms with Crippen LogP contribution in [-0.4, -0.2) is 44.6 Å². The third kappa shape index (κ3) is 4.90. The van der Waals surface area contributed by atoms with E-state index in [9.17, 15) is 22.0 Å². The molecule has 1 aliphatic rings. The monoisotopic (exact) mass is 587 g/mol. The summed E-state index contributed by atoms with van der Waals surface area (Å²) in [5.74, 6) is -1.61. The number of methoxy groups -OCH3 is 1.